The van der Waals surface area contributed by atoms with Gasteiger partial charge in [0.05, 0.1) is 16.3 Å². The number of carbonyl (C=O) groups excluding carboxylic acids is 1. The third kappa shape index (κ3) is 4.09. The lowest BCUT2D eigenvalue weighted by atomic mass is 10.2. The van der Waals surface area contributed by atoms with Crippen molar-refractivity contribution >= 4 is 35.1 Å². The molecule has 0 saturated heterocycles. The quantitative estimate of drug-likeness (QED) is 0.696. The van der Waals surface area contributed by atoms with E-state index in [-0.39, 0.29) is 28.3 Å². The standard InChI is InChI=1S/C15H10ClFN4O2S/c16-9-5-6-12(18-7-9)19-13(22)8-24-15-21-20-14(23-15)10-3-1-2-4-11(10)17/h1-7H,8H2,(H,18,19,22). The second kappa shape index (κ2) is 7.41. The molecule has 0 radical (unpaired) electrons. The normalized spacial score (nSPS) is 10.6. The molecule has 3 rings (SSSR count). The van der Waals surface area contributed by atoms with Crippen LogP contribution in [0.4, 0.5) is 10.2 Å². The molecule has 0 unspecified atom stereocenters. The number of hydrogen-bond acceptors (Lipinski definition) is 6. The summed E-state index contributed by atoms with van der Waals surface area (Å²) in [4.78, 5) is 15.8. The molecule has 122 valence electrons. The van der Waals surface area contributed by atoms with Gasteiger partial charge in [0.2, 0.25) is 5.91 Å². The molecule has 0 saturated carbocycles. The Hall–Kier alpha value is -2.45. The van der Waals surface area contributed by atoms with Crippen LogP contribution in [0.1, 0.15) is 0 Å². The first kappa shape index (κ1) is 16.4. The molecule has 0 aliphatic rings. The minimum absolute atomic E-state index is 0.0449. The number of halogens is 2. The molecular formula is C15H10ClFN4O2S. The summed E-state index contributed by atoms with van der Waals surface area (Å²) in [7, 11) is 0. The fourth-order valence-electron chi connectivity index (χ4n) is 1.77. The van der Waals surface area contributed by atoms with Crippen LogP contribution in [0.3, 0.4) is 0 Å². The van der Waals surface area contributed by atoms with Gasteiger partial charge in [-0.2, -0.15) is 0 Å². The largest absolute Gasteiger partial charge is 0.411 e. The number of pyridine rings is 1. The van der Waals surface area contributed by atoms with Crippen molar-refractivity contribution in [1.29, 1.82) is 0 Å². The van der Waals surface area contributed by atoms with E-state index in [1.807, 2.05) is 0 Å². The minimum Gasteiger partial charge on any atom is -0.411 e. The van der Waals surface area contributed by atoms with Crippen LogP contribution >= 0.6 is 23.4 Å². The molecule has 0 atom stereocenters. The molecule has 9 heteroatoms. The number of thioether (sulfide) groups is 1. The first-order chi connectivity index (χ1) is 11.6. The predicted octanol–water partition coefficient (Wildman–Crippen LogP) is 3.65. The number of nitrogens with zero attached hydrogens (tertiary/aromatic N) is 3. The lowest BCUT2D eigenvalue weighted by molar-refractivity contribution is -0.113. The molecule has 1 amide bonds. The van der Waals surface area contributed by atoms with Gasteiger partial charge >= 0.3 is 0 Å². The summed E-state index contributed by atoms with van der Waals surface area (Å²) in [6, 6.07) is 9.29. The van der Waals surface area contributed by atoms with Gasteiger partial charge in [-0.3, -0.25) is 4.79 Å². The van der Waals surface area contributed by atoms with Gasteiger partial charge in [0.25, 0.3) is 11.1 Å². The lowest BCUT2D eigenvalue weighted by Gasteiger charge is -2.02. The van der Waals surface area contributed by atoms with Crippen molar-refractivity contribution in [2.45, 2.75) is 5.22 Å². The summed E-state index contributed by atoms with van der Waals surface area (Å²) in [5, 5.41) is 10.8. The first-order valence-corrected chi connectivity index (χ1v) is 8.11. The number of carbonyl (C=O) groups is 1. The molecule has 0 spiro atoms. The summed E-state index contributed by atoms with van der Waals surface area (Å²) in [6.45, 7) is 0. The van der Waals surface area contributed by atoms with Crippen molar-refractivity contribution in [3.63, 3.8) is 0 Å². The van der Waals surface area contributed by atoms with Gasteiger partial charge in [-0.25, -0.2) is 9.37 Å². The lowest BCUT2D eigenvalue weighted by Crippen LogP contribution is -2.14. The van der Waals surface area contributed by atoms with Crippen molar-refractivity contribution in [2.24, 2.45) is 0 Å². The third-order valence-electron chi connectivity index (χ3n) is 2.83. The zero-order chi connectivity index (χ0) is 16.9. The number of hydrogen-bond donors (Lipinski definition) is 1. The molecule has 0 aliphatic carbocycles. The maximum Gasteiger partial charge on any atom is 0.277 e. The van der Waals surface area contributed by atoms with Crippen molar-refractivity contribution in [3.05, 3.63) is 53.4 Å². The molecule has 24 heavy (non-hydrogen) atoms. The van der Waals surface area contributed by atoms with Gasteiger partial charge in [0.1, 0.15) is 11.6 Å². The molecule has 2 heterocycles. The Morgan fingerprint density at radius 3 is 2.83 bits per heavy atom. The SMILES string of the molecule is O=C(CSc1nnc(-c2ccccc2F)o1)Nc1ccc(Cl)cn1. The molecule has 0 aliphatic heterocycles. The number of rotatable bonds is 5. The van der Waals surface area contributed by atoms with E-state index in [1.54, 1.807) is 24.3 Å². The van der Waals surface area contributed by atoms with E-state index in [4.69, 9.17) is 16.0 Å². The number of benzene rings is 1. The van der Waals surface area contributed by atoms with Crippen LogP contribution in [0.2, 0.25) is 5.02 Å². The van der Waals surface area contributed by atoms with Gasteiger partial charge in [0.15, 0.2) is 0 Å². The van der Waals surface area contributed by atoms with Gasteiger partial charge < -0.3 is 9.73 Å². The fourth-order valence-corrected chi connectivity index (χ4v) is 2.44. The van der Waals surface area contributed by atoms with Gasteiger partial charge in [-0.05, 0) is 24.3 Å². The smallest absolute Gasteiger partial charge is 0.277 e. The van der Waals surface area contributed by atoms with Crippen LogP contribution in [0.5, 0.6) is 0 Å². The molecule has 6 nitrogen and oxygen atoms in total. The van der Waals surface area contributed by atoms with Crippen molar-refractivity contribution < 1.29 is 13.6 Å². The number of anilines is 1. The highest BCUT2D eigenvalue weighted by atomic mass is 35.5. The molecule has 1 aromatic carbocycles. The Bertz CT molecular complexity index is 857. The average molecular weight is 365 g/mol. The van der Waals surface area contributed by atoms with Crippen LogP contribution in [0, 0.1) is 5.82 Å². The highest BCUT2D eigenvalue weighted by Crippen LogP contribution is 2.25. The van der Waals surface area contributed by atoms with E-state index in [1.165, 1.54) is 18.3 Å². The summed E-state index contributed by atoms with van der Waals surface area (Å²) in [6.07, 6.45) is 1.43. The maximum atomic E-state index is 13.7. The highest BCUT2D eigenvalue weighted by molar-refractivity contribution is 7.99. The van der Waals surface area contributed by atoms with Crippen LogP contribution in [0.25, 0.3) is 11.5 Å². The number of amides is 1. The van der Waals surface area contributed by atoms with E-state index in [2.05, 4.69) is 20.5 Å². The highest BCUT2D eigenvalue weighted by Gasteiger charge is 2.14. The van der Waals surface area contributed by atoms with Crippen molar-refractivity contribution in [2.75, 3.05) is 11.1 Å². The molecule has 0 fully saturated rings. The topological polar surface area (TPSA) is 80.9 Å². The zero-order valence-corrected chi connectivity index (χ0v) is 13.6. The monoisotopic (exact) mass is 364 g/mol. The van der Waals surface area contributed by atoms with Crippen LogP contribution < -0.4 is 5.32 Å². The maximum absolute atomic E-state index is 13.7. The molecular weight excluding hydrogens is 355 g/mol. The Morgan fingerprint density at radius 2 is 2.08 bits per heavy atom. The average Bonchev–Trinajstić information content (AvgIpc) is 3.04. The summed E-state index contributed by atoms with van der Waals surface area (Å²) in [5.74, 6) is -0.244. The summed E-state index contributed by atoms with van der Waals surface area (Å²) in [5.41, 5.74) is 0.215. The first-order valence-electron chi connectivity index (χ1n) is 6.74. The van der Waals surface area contributed by atoms with Gasteiger partial charge in [-0.1, -0.05) is 35.5 Å². The second-order valence-corrected chi connectivity index (χ2v) is 5.91. The molecule has 0 bridgehead atoms. The van der Waals surface area contributed by atoms with Crippen molar-refractivity contribution in [1.82, 2.24) is 15.2 Å². The van der Waals surface area contributed by atoms with Gasteiger partial charge in [-0.15, -0.1) is 10.2 Å². The van der Waals surface area contributed by atoms with Crippen LogP contribution in [0.15, 0.2) is 52.2 Å². The minimum atomic E-state index is -0.454. The summed E-state index contributed by atoms with van der Waals surface area (Å²) >= 11 is 6.76. The summed E-state index contributed by atoms with van der Waals surface area (Å²) < 4.78 is 19.0. The Labute approximate surface area is 145 Å². The Morgan fingerprint density at radius 1 is 1.25 bits per heavy atom. The zero-order valence-electron chi connectivity index (χ0n) is 12.1. The molecule has 2 aromatic heterocycles. The Balaban J connectivity index is 1.58. The van der Waals surface area contributed by atoms with E-state index in [9.17, 15) is 9.18 Å². The van der Waals surface area contributed by atoms with E-state index in [0.29, 0.717) is 10.8 Å². The predicted molar refractivity (Wildman–Crippen MR) is 88.3 cm³/mol. The molecule has 1 N–H and O–H groups in total. The third-order valence-corrected chi connectivity index (χ3v) is 3.87. The number of aromatic nitrogens is 3. The second-order valence-electron chi connectivity index (χ2n) is 4.55. The fraction of sp³-hybridized carbons (Fsp3) is 0.0667. The van der Waals surface area contributed by atoms with Crippen LogP contribution in [-0.4, -0.2) is 26.8 Å². The van der Waals surface area contributed by atoms with Crippen molar-refractivity contribution in [3.8, 4) is 11.5 Å². The van der Waals surface area contributed by atoms with E-state index in [0.717, 1.165) is 11.8 Å². The van der Waals surface area contributed by atoms with E-state index < -0.39 is 5.82 Å². The molecule has 3 aromatic rings. The van der Waals surface area contributed by atoms with Gasteiger partial charge in [0, 0.05) is 6.20 Å². The Kier molecular flexibility index (Phi) is 5.07. The van der Waals surface area contributed by atoms with E-state index >= 15 is 0 Å². The van der Waals surface area contributed by atoms with Crippen LogP contribution in [-0.2, 0) is 4.79 Å². The number of nitrogens with one attached hydrogen (secondary N) is 1.